The van der Waals surface area contributed by atoms with Gasteiger partial charge in [-0.05, 0) is 30.4 Å². The maximum atomic E-state index is 12.8. The van der Waals surface area contributed by atoms with Gasteiger partial charge in [0.25, 0.3) is 0 Å². The minimum atomic E-state index is 0.0127. The number of amides is 1. The molecule has 1 heterocycles. The van der Waals surface area contributed by atoms with E-state index in [0.717, 1.165) is 31.6 Å². The Hall–Kier alpha value is -2.39. The normalized spacial score (nSPS) is 20.5. The third-order valence-corrected chi connectivity index (χ3v) is 5.10. The summed E-state index contributed by atoms with van der Waals surface area (Å²) >= 11 is 0. The summed E-state index contributed by atoms with van der Waals surface area (Å²) in [5.74, 6) is 0.555. The van der Waals surface area contributed by atoms with Crippen LogP contribution in [0.5, 0.6) is 0 Å². The van der Waals surface area contributed by atoms with Crippen molar-refractivity contribution in [1.29, 1.82) is 0 Å². The van der Waals surface area contributed by atoms with E-state index in [1.807, 2.05) is 18.2 Å². The zero-order valence-corrected chi connectivity index (χ0v) is 15.5. The first-order chi connectivity index (χ1) is 12.7. The summed E-state index contributed by atoms with van der Waals surface area (Å²) in [5.41, 5.74) is 3.69. The molecule has 1 N–H and O–H groups in total. The molecular weight excluding hydrogens is 320 g/mol. The molecule has 1 saturated heterocycles. The number of hydrogen-bond acceptors (Lipinski definition) is 2. The molecule has 0 aliphatic carbocycles. The molecule has 136 valence electrons. The number of benzene rings is 2. The molecule has 3 rings (SSSR count). The van der Waals surface area contributed by atoms with Gasteiger partial charge in [0.15, 0.2) is 0 Å². The molecule has 0 radical (unpaired) electrons. The van der Waals surface area contributed by atoms with Crippen molar-refractivity contribution in [2.24, 2.45) is 5.92 Å². The Morgan fingerprint density at radius 1 is 1.19 bits per heavy atom. The van der Waals surface area contributed by atoms with Gasteiger partial charge in [-0.15, -0.1) is 6.58 Å². The van der Waals surface area contributed by atoms with Gasteiger partial charge in [0, 0.05) is 26.2 Å². The van der Waals surface area contributed by atoms with Gasteiger partial charge in [0.1, 0.15) is 0 Å². The van der Waals surface area contributed by atoms with E-state index in [1.165, 1.54) is 11.1 Å². The van der Waals surface area contributed by atoms with E-state index in [2.05, 4.69) is 66.2 Å². The number of carbonyl (C=O) groups excluding carboxylic acids is 1. The smallest absolute Gasteiger partial charge is 0.224 e. The van der Waals surface area contributed by atoms with Gasteiger partial charge in [0.2, 0.25) is 5.91 Å². The first kappa shape index (κ1) is 18.4. The molecule has 2 aromatic carbocycles. The molecule has 1 fully saturated rings. The largest absolute Gasteiger partial charge is 0.352 e. The van der Waals surface area contributed by atoms with Crippen molar-refractivity contribution < 1.29 is 4.79 Å². The van der Waals surface area contributed by atoms with Crippen LogP contribution in [-0.4, -0.2) is 30.4 Å². The van der Waals surface area contributed by atoms with Crippen LogP contribution in [0.2, 0.25) is 0 Å². The molecule has 0 saturated carbocycles. The van der Waals surface area contributed by atoms with E-state index >= 15 is 0 Å². The Kier molecular flexibility index (Phi) is 6.24. The number of nitrogens with zero attached hydrogens (tertiary/aromatic N) is 1. The van der Waals surface area contributed by atoms with Crippen molar-refractivity contribution in [2.45, 2.75) is 25.8 Å². The Morgan fingerprint density at radius 2 is 2.00 bits per heavy atom. The van der Waals surface area contributed by atoms with Crippen LogP contribution in [0.3, 0.4) is 0 Å². The number of likely N-dealkylation sites (tertiary alicyclic amines) is 1. The highest BCUT2D eigenvalue weighted by Gasteiger charge is 2.31. The number of hydrogen-bond donors (Lipinski definition) is 1. The second-order valence-corrected chi connectivity index (χ2v) is 7.25. The quantitative estimate of drug-likeness (QED) is 0.803. The zero-order chi connectivity index (χ0) is 18.4. The first-order valence-electron chi connectivity index (χ1n) is 9.37. The fourth-order valence-electron chi connectivity index (χ4n) is 3.83. The number of nitrogens with one attached hydrogen (secondary N) is 1. The van der Waals surface area contributed by atoms with Crippen molar-refractivity contribution in [3.63, 3.8) is 0 Å². The van der Waals surface area contributed by atoms with Crippen molar-refractivity contribution in [3.8, 4) is 0 Å². The van der Waals surface area contributed by atoms with Crippen LogP contribution in [0.25, 0.3) is 0 Å². The number of aryl methyl sites for hydroxylation is 1. The van der Waals surface area contributed by atoms with Crippen LogP contribution >= 0.6 is 0 Å². The lowest BCUT2D eigenvalue weighted by molar-refractivity contribution is -0.127. The minimum absolute atomic E-state index is 0.0127. The predicted octanol–water partition coefficient (Wildman–Crippen LogP) is 3.90. The van der Waals surface area contributed by atoms with E-state index in [4.69, 9.17) is 0 Å². The van der Waals surface area contributed by atoms with Gasteiger partial charge in [-0.3, -0.25) is 9.69 Å². The molecule has 26 heavy (non-hydrogen) atoms. The van der Waals surface area contributed by atoms with Crippen LogP contribution in [0.1, 0.15) is 29.0 Å². The van der Waals surface area contributed by atoms with Crippen molar-refractivity contribution in [3.05, 3.63) is 83.9 Å². The third-order valence-electron chi connectivity index (χ3n) is 5.10. The summed E-state index contributed by atoms with van der Waals surface area (Å²) in [6.45, 7) is 9.14. The SMILES string of the molecule is C=CCN1CC(C(=O)NCc2cccc(C)c2)CC(c2ccccc2)C1. The molecule has 3 heteroatoms. The van der Waals surface area contributed by atoms with Gasteiger partial charge in [-0.1, -0.05) is 66.2 Å². The lowest BCUT2D eigenvalue weighted by Gasteiger charge is -2.37. The predicted molar refractivity (Wildman–Crippen MR) is 107 cm³/mol. The average molecular weight is 348 g/mol. The van der Waals surface area contributed by atoms with Crippen molar-refractivity contribution >= 4 is 5.91 Å². The van der Waals surface area contributed by atoms with Gasteiger partial charge < -0.3 is 5.32 Å². The molecule has 1 amide bonds. The van der Waals surface area contributed by atoms with E-state index in [1.54, 1.807) is 0 Å². The van der Waals surface area contributed by atoms with E-state index in [-0.39, 0.29) is 11.8 Å². The van der Waals surface area contributed by atoms with Crippen LogP contribution in [-0.2, 0) is 11.3 Å². The second-order valence-electron chi connectivity index (χ2n) is 7.25. The van der Waals surface area contributed by atoms with Crippen LogP contribution in [0.15, 0.2) is 67.3 Å². The lowest BCUT2D eigenvalue weighted by Crippen LogP contribution is -2.45. The number of carbonyl (C=O) groups is 1. The Morgan fingerprint density at radius 3 is 2.73 bits per heavy atom. The topological polar surface area (TPSA) is 32.3 Å². The Bertz CT molecular complexity index is 741. The lowest BCUT2D eigenvalue weighted by atomic mass is 9.84. The summed E-state index contributed by atoms with van der Waals surface area (Å²) in [4.78, 5) is 15.2. The fourth-order valence-corrected chi connectivity index (χ4v) is 3.83. The molecule has 1 aliphatic heterocycles. The maximum Gasteiger partial charge on any atom is 0.224 e. The Labute approximate surface area is 156 Å². The van der Waals surface area contributed by atoms with Gasteiger partial charge >= 0.3 is 0 Å². The minimum Gasteiger partial charge on any atom is -0.352 e. The fraction of sp³-hybridized carbons (Fsp3) is 0.348. The molecule has 2 atom stereocenters. The summed E-state index contributed by atoms with van der Waals surface area (Å²) < 4.78 is 0. The van der Waals surface area contributed by atoms with E-state index in [0.29, 0.717) is 12.5 Å². The van der Waals surface area contributed by atoms with E-state index in [9.17, 15) is 4.79 Å². The van der Waals surface area contributed by atoms with Crippen molar-refractivity contribution in [1.82, 2.24) is 10.2 Å². The Balaban J connectivity index is 1.66. The van der Waals surface area contributed by atoms with Gasteiger partial charge in [0.05, 0.1) is 5.92 Å². The average Bonchev–Trinajstić information content (AvgIpc) is 2.67. The molecule has 2 aromatic rings. The van der Waals surface area contributed by atoms with Crippen LogP contribution < -0.4 is 5.32 Å². The highest BCUT2D eigenvalue weighted by atomic mass is 16.1. The molecular formula is C23H28N2O. The highest BCUT2D eigenvalue weighted by Crippen LogP contribution is 2.30. The first-order valence-corrected chi connectivity index (χ1v) is 9.37. The standard InChI is InChI=1S/C23H28N2O/c1-3-12-25-16-21(20-10-5-4-6-11-20)14-22(17-25)23(26)24-15-19-9-7-8-18(2)13-19/h3-11,13,21-22H,1,12,14-17H2,2H3,(H,24,26). The summed E-state index contributed by atoms with van der Waals surface area (Å²) in [6, 6.07) is 18.8. The molecule has 0 spiro atoms. The van der Waals surface area contributed by atoms with Crippen LogP contribution in [0.4, 0.5) is 0 Å². The second kappa shape index (κ2) is 8.81. The van der Waals surface area contributed by atoms with Crippen LogP contribution in [0, 0.1) is 12.8 Å². The molecule has 2 unspecified atom stereocenters. The molecule has 0 aromatic heterocycles. The van der Waals surface area contributed by atoms with E-state index < -0.39 is 0 Å². The highest BCUT2D eigenvalue weighted by molar-refractivity contribution is 5.79. The number of piperidine rings is 1. The number of rotatable bonds is 6. The molecule has 0 bridgehead atoms. The third kappa shape index (κ3) is 4.83. The maximum absolute atomic E-state index is 12.8. The van der Waals surface area contributed by atoms with Crippen molar-refractivity contribution in [2.75, 3.05) is 19.6 Å². The molecule has 1 aliphatic rings. The zero-order valence-electron chi connectivity index (χ0n) is 15.5. The van der Waals surface area contributed by atoms with Gasteiger partial charge in [-0.2, -0.15) is 0 Å². The summed E-state index contributed by atoms with van der Waals surface area (Å²) in [5, 5.41) is 3.14. The molecule has 3 nitrogen and oxygen atoms in total. The van der Waals surface area contributed by atoms with Gasteiger partial charge in [-0.25, -0.2) is 0 Å². The summed E-state index contributed by atoms with van der Waals surface area (Å²) in [6.07, 6.45) is 2.83. The summed E-state index contributed by atoms with van der Waals surface area (Å²) in [7, 11) is 0. The monoisotopic (exact) mass is 348 g/mol.